The standard InChI is InChI=1S/C15H10F2N2O/c16-12-6-5-11(9-13(12)17)15(20)18-19-8-7-10-3-1-2-4-14(10)19/h1-9H,(H,18,20). The normalized spacial score (nSPS) is 10.7. The van der Waals surface area contributed by atoms with Gasteiger partial charge >= 0.3 is 0 Å². The van der Waals surface area contributed by atoms with Crippen molar-refractivity contribution >= 4 is 16.8 Å². The Morgan fingerprint density at radius 1 is 1.00 bits per heavy atom. The Balaban J connectivity index is 1.90. The van der Waals surface area contributed by atoms with Crippen LogP contribution in [0.2, 0.25) is 0 Å². The van der Waals surface area contributed by atoms with Crippen molar-refractivity contribution in [1.82, 2.24) is 4.68 Å². The van der Waals surface area contributed by atoms with E-state index in [1.165, 1.54) is 6.07 Å². The van der Waals surface area contributed by atoms with E-state index in [0.29, 0.717) is 0 Å². The van der Waals surface area contributed by atoms with Crippen LogP contribution in [0.5, 0.6) is 0 Å². The maximum atomic E-state index is 13.1. The molecule has 0 radical (unpaired) electrons. The number of para-hydroxylation sites is 1. The molecule has 0 fully saturated rings. The van der Waals surface area contributed by atoms with Gasteiger partial charge in [0.15, 0.2) is 11.6 Å². The molecule has 5 heteroatoms. The Morgan fingerprint density at radius 3 is 2.60 bits per heavy atom. The van der Waals surface area contributed by atoms with Crippen LogP contribution in [-0.2, 0) is 0 Å². The fourth-order valence-corrected chi connectivity index (χ4v) is 1.99. The van der Waals surface area contributed by atoms with Crippen molar-refractivity contribution in [1.29, 1.82) is 0 Å². The number of nitrogens with zero attached hydrogens (tertiary/aromatic N) is 1. The number of aromatic nitrogens is 1. The molecule has 1 N–H and O–H groups in total. The van der Waals surface area contributed by atoms with Crippen molar-refractivity contribution < 1.29 is 13.6 Å². The van der Waals surface area contributed by atoms with E-state index < -0.39 is 17.5 Å². The number of hydrogen-bond acceptors (Lipinski definition) is 1. The average Bonchev–Trinajstić information content (AvgIpc) is 2.85. The highest BCUT2D eigenvalue weighted by atomic mass is 19.2. The number of carbonyl (C=O) groups is 1. The summed E-state index contributed by atoms with van der Waals surface area (Å²) in [6.07, 6.45) is 1.70. The minimum absolute atomic E-state index is 0.0571. The third-order valence-electron chi connectivity index (χ3n) is 3.00. The van der Waals surface area contributed by atoms with Crippen LogP contribution in [0.4, 0.5) is 8.78 Å². The molecule has 0 atom stereocenters. The summed E-state index contributed by atoms with van der Waals surface area (Å²) in [5, 5.41) is 0.970. The lowest BCUT2D eigenvalue weighted by atomic mass is 10.2. The second-order valence-electron chi connectivity index (χ2n) is 4.31. The minimum Gasteiger partial charge on any atom is -0.267 e. The van der Waals surface area contributed by atoms with Gasteiger partial charge < -0.3 is 0 Å². The van der Waals surface area contributed by atoms with E-state index in [4.69, 9.17) is 0 Å². The van der Waals surface area contributed by atoms with Gasteiger partial charge in [0.05, 0.1) is 5.52 Å². The second kappa shape index (κ2) is 4.77. The van der Waals surface area contributed by atoms with Crippen LogP contribution in [-0.4, -0.2) is 10.6 Å². The Labute approximate surface area is 113 Å². The van der Waals surface area contributed by atoms with Gasteiger partial charge in [-0.3, -0.25) is 14.9 Å². The molecular formula is C15H10F2N2O. The maximum Gasteiger partial charge on any atom is 0.270 e. The number of fused-ring (bicyclic) bond motifs is 1. The van der Waals surface area contributed by atoms with Gasteiger partial charge in [-0.2, -0.15) is 0 Å². The summed E-state index contributed by atoms with van der Waals surface area (Å²) in [5.74, 6) is -2.53. The van der Waals surface area contributed by atoms with Crippen LogP contribution in [0, 0.1) is 11.6 Å². The fraction of sp³-hybridized carbons (Fsp3) is 0. The first kappa shape index (κ1) is 12.3. The van der Waals surface area contributed by atoms with Crippen molar-refractivity contribution in [3.05, 3.63) is 71.9 Å². The number of rotatable bonds is 2. The molecule has 0 bridgehead atoms. The highest BCUT2D eigenvalue weighted by Gasteiger charge is 2.10. The second-order valence-corrected chi connectivity index (χ2v) is 4.31. The van der Waals surface area contributed by atoms with E-state index in [9.17, 15) is 13.6 Å². The molecule has 20 heavy (non-hydrogen) atoms. The molecule has 3 rings (SSSR count). The molecule has 3 aromatic rings. The molecule has 0 saturated carbocycles. The first-order chi connectivity index (χ1) is 9.65. The van der Waals surface area contributed by atoms with Gasteiger partial charge in [0.1, 0.15) is 0 Å². The van der Waals surface area contributed by atoms with Crippen molar-refractivity contribution in [2.45, 2.75) is 0 Å². The van der Waals surface area contributed by atoms with E-state index in [1.807, 2.05) is 30.3 Å². The molecule has 0 aliphatic carbocycles. The molecule has 0 aliphatic rings. The molecule has 100 valence electrons. The van der Waals surface area contributed by atoms with Gasteiger partial charge in [0.25, 0.3) is 5.91 Å². The Morgan fingerprint density at radius 2 is 1.80 bits per heavy atom. The van der Waals surface area contributed by atoms with Crippen LogP contribution in [0.15, 0.2) is 54.7 Å². The lowest BCUT2D eigenvalue weighted by molar-refractivity contribution is 0.101. The summed E-state index contributed by atoms with van der Waals surface area (Å²) >= 11 is 0. The molecule has 1 heterocycles. The van der Waals surface area contributed by atoms with E-state index in [-0.39, 0.29) is 5.56 Å². The van der Waals surface area contributed by atoms with Gasteiger partial charge in [0, 0.05) is 17.1 Å². The molecule has 1 amide bonds. The first-order valence-corrected chi connectivity index (χ1v) is 5.97. The van der Waals surface area contributed by atoms with Crippen LogP contribution in [0.1, 0.15) is 10.4 Å². The molecule has 0 aliphatic heterocycles. The van der Waals surface area contributed by atoms with Crippen LogP contribution < -0.4 is 5.43 Å². The van der Waals surface area contributed by atoms with Crippen molar-refractivity contribution in [2.24, 2.45) is 0 Å². The number of carbonyl (C=O) groups excluding carboxylic acids is 1. The molecule has 3 nitrogen and oxygen atoms in total. The zero-order valence-corrected chi connectivity index (χ0v) is 10.3. The van der Waals surface area contributed by atoms with Crippen LogP contribution in [0.25, 0.3) is 10.9 Å². The largest absolute Gasteiger partial charge is 0.270 e. The molecule has 0 spiro atoms. The zero-order chi connectivity index (χ0) is 14.1. The number of nitrogens with one attached hydrogen (secondary N) is 1. The molecule has 1 aromatic heterocycles. The predicted molar refractivity (Wildman–Crippen MR) is 72.0 cm³/mol. The smallest absolute Gasteiger partial charge is 0.267 e. The van der Waals surface area contributed by atoms with Crippen molar-refractivity contribution in [3.8, 4) is 0 Å². The quantitative estimate of drug-likeness (QED) is 0.763. The molecule has 2 aromatic carbocycles. The summed E-state index contributed by atoms with van der Waals surface area (Å²) in [4.78, 5) is 12.0. The minimum atomic E-state index is -1.05. The summed E-state index contributed by atoms with van der Waals surface area (Å²) in [6, 6.07) is 12.4. The predicted octanol–water partition coefficient (Wildman–Crippen LogP) is 3.30. The lowest BCUT2D eigenvalue weighted by Crippen LogP contribution is -2.22. The average molecular weight is 272 g/mol. The van der Waals surface area contributed by atoms with Crippen LogP contribution in [0.3, 0.4) is 0 Å². The number of amides is 1. The maximum absolute atomic E-state index is 13.1. The van der Waals surface area contributed by atoms with Crippen LogP contribution >= 0.6 is 0 Å². The summed E-state index contributed by atoms with van der Waals surface area (Å²) < 4.78 is 27.5. The van der Waals surface area contributed by atoms with Gasteiger partial charge in [0.2, 0.25) is 0 Å². The topological polar surface area (TPSA) is 34.0 Å². The summed E-state index contributed by atoms with van der Waals surface area (Å²) in [7, 11) is 0. The Bertz CT molecular complexity index is 795. The number of hydrogen-bond donors (Lipinski definition) is 1. The Kier molecular flexibility index (Phi) is 2.95. The van der Waals surface area contributed by atoms with E-state index in [1.54, 1.807) is 10.9 Å². The van der Waals surface area contributed by atoms with Crippen molar-refractivity contribution in [2.75, 3.05) is 5.43 Å². The first-order valence-electron chi connectivity index (χ1n) is 5.97. The SMILES string of the molecule is O=C(Nn1ccc2ccccc21)c1ccc(F)c(F)c1. The Hall–Kier alpha value is -2.69. The summed E-state index contributed by atoms with van der Waals surface area (Å²) in [6.45, 7) is 0. The molecule has 0 saturated heterocycles. The van der Waals surface area contributed by atoms with Gasteiger partial charge in [-0.05, 0) is 30.3 Å². The van der Waals surface area contributed by atoms with E-state index in [0.717, 1.165) is 23.0 Å². The van der Waals surface area contributed by atoms with E-state index >= 15 is 0 Å². The monoisotopic (exact) mass is 272 g/mol. The van der Waals surface area contributed by atoms with Gasteiger partial charge in [-0.25, -0.2) is 8.78 Å². The lowest BCUT2D eigenvalue weighted by Gasteiger charge is -2.08. The number of halogens is 2. The highest BCUT2D eigenvalue weighted by Crippen LogP contribution is 2.14. The third kappa shape index (κ3) is 2.14. The fourth-order valence-electron chi connectivity index (χ4n) is 1.99. The van der Waals surface area contributed by atoms with Gasteiger partial charge in [-0.15, -0.1) is 0 Å². The van der Waals surface area contributed by atoms with Gasteiger partial charge in [-0.1, -0.05) is 18.2 Å². The third-order valence-corrected chi connectivity index (χ3v) is 3.00. The number of benzene rings is 2. The highest BCUT2D eigenvalue weighted by molar-refractivity contribution is 6.00. The summed E-state index contributed by atoms with van der Waals surface area (Å²) in [5.41, 5.74) is 3.50. The van der Waals surface area contributed by atoms with E-state index in [2.05, 4.69) is 5.43 Å². The zero-order valence-electron chi connectivity index (χ0n) is 10.3. The molecular weight excluding hydrogens is 262 g/mol. The van der Waals surface area contributed by atoms with Crippen molar-refractivity contribution in [3.63, 3.8) is 0 Å². The molecule has 0 unspecified atom stereocenters.